The molecule has 1 aliphatic rings. The number of rotatable bonds is 6. The van der Waals surface area contributed by atoms with Crippen LogP contribution in [0.2, 0.25) is 0 Å². The summed E-state index contributed by atoms with van der Waals surface area (Å²) in [6.07, 6.45) is 4.37. The lowest BCUT2D eigenvalue weighted by Gasteiger charge is -2.12. The SMILES string of the molecule is COc1cc(/C=C/c2nnc(-c3[nH]nc4c3Cc3ccccc3-4)o2)cc(OC)c1OC. The molecule has 1 aliphatic carbocycles. The Morgan fingerprint density at radius 1 is 0.968 bits per heavy atom. The van der Waals surface area contributed by atoms with Gasteiger partial charge < -0.3 is 18.6 Å². The zero-order chi connectivity index (χ0) is 21.4. The number of nitrogens with zero attached hydrogens (tertiary/aromatic N) is 3. The summed E-state index contributed by atoms with van der Waals surface area (Å²) in [5.74, 6) is 2.46. The van der Waals surface area contributed by atoms with Gasteiger partial charge in [-0.25, -0.2) is 0 Å². The van der Waals surface area contributed by atoms with Crippen molar-refractivity contribution >= 4 is 12.2 Å². The lowest BCUT2D eigenvalue weighted by atomic mass is 10.1. The average Bonchev–Trinajstić information content (AvgIpc) is 3.52. The van der Waals surface area contributed by atoms with Crippen molar-refractivity contribution < 1.29 is 18.6 Å². The molecule has 0 fully saturated rings. The highest BCUT2D eigenvalue weighted by Gasteiger charge is 2.27. The van der Waals surface area contributed by atoms with Crippen LogP contribution < -0.4 is 14.2 Å². The number of methoxy groups -OCH3 is 3. The molecular formula is C23H20N4O4. The maximum Gasteiger partial charge on any atom is 0.266 e. The molecule has 2 aromatic heterocycles. The van der Waals surface area contributed by atoms with E-state index >= 15 is 0 Å². The Bertz CT molecular complexity index is 1260. The van der Waals surface area contributed by atoms with Gasteiger partial charge in [-0.2, -0.15) is 5.10 Å². The molecular weight excluding hydrogens is 396 g/mol. The van der Waals surface area contributed by atoms with Crippen LogP contribution in [0.4, 0.5) is 0 Å². The Morgan fingerprint density at radius 3 is 2.48 bits per heavy atom. The highest BCUT2D eigenvalue weighted by molar-refractivity contribution is 5.79. The van der Waals surface area contributed by atoms with Gasteiger partial charge in [-0.15, -0.1) is 10.2 Å². The van der Waals surface area contributed by atoms with Crippen LogP contribution in [0.5, 0.6) is 17.2 Å². The van der Waals surface area contributed by atoms with Gasteiger partial charge in [0.15, 0.2) is 11.5 Å². The molecule has 0 spiro atoms. The molecule has 0 unspecified atom stereocenters. The summed E-state index contributed by atoms with van der Waals surface area (Å²) in [5, 5.41) is 15.8. The third-order valence-corrected chi connectivity index (χ3v) is 5.27. The second-order valence-corrected chi connectivity index (χ2v) is 7.00. The van der Waals surface area contributed by atoms with Crippen LogP contribution in [-0.4, -0.2) is 41.7 Å². The highest BCUT2D eigenvalue weighted by atomic mass is 16.5. The van der Waals surface area contributed by atoms with E-state index < -0.39 is 0 Å². The van der Waals surface area contributed by atoms with Gasteiger partial charge >= 0.3 is 0 Å². The van der Waals surface area contributed by atoms with Crippen LogP contribution in [0.1, 0.15) is 22.6 Å². The van der Waals surface area contributed by atoms with Crippen molar-refractivity contribution in [3.8, 4) is 40.1 Å². The fourth-order valence-electron chi connectivity index (χ4n) is 3.80. The lowest BCUT2D eigenvalue weighted by molar-refractivity contribution is 0.324. The second kappa shape index (κ2) is 7.64. The standard InChI is InChI=1S/C23H20N4O4/c1-28-17-10-13(11-18(29-2)22(17)30-3)8-9-19-24-27-23(31-19)21-16-12-14-6-4-5-7-15(14)20(16)25-26-21/h4-11H,12H2,1-3H3,(H,25,26)/b9-8+. The molecule has 2 heterocycles. The van der Waals surface area contributed by atoms with Gasteiger partial charge in [0.1, 0.15) is 5.69 Å². The molecule has 8 heteroatoms. The monoisotopic (exact) mass is 416 g/mol. The molecule has 0 radical (unpaired) electrons. The summed E-state index contributed by atoms with van der Waals surface area (Å²) >= 11 is 0. The zero-order valence-electron chi connectivity index (χ0n) is 17.3. The number of hydrogen-bond donors (Lipinski definition) is 1. The Morgan fingerprint density at radius 2 is 1.74 bits per heavy atom. The van der Waals surface area contributed by atoms with E-state index in [-0.39, 0.29) is 0 Å². The zero-order valence-corrected chi connectivity index (χ0v) is 17.3. The first-order valence-electron chi connectivity index (χ1n) is 9.69. The molecule has 0 aliphatic heterocycles. The molecule has 0 saturated heterocycles. The molecule has 31 heavy (non-hydrogen) atoms. The number of fused-ring (bicyclic) bond motifs is 3. The molecule has 156 valence electrons. The third-order valence-electron chi connectivity index (χ3n) is 5.27. The maximum absolute atomic E-state index is 5.86. The van der Waals surface area contributed by atoms with Crippen LogP contribution >= 0.6 is 0 Å². The normalized spacial score (nSPS) is 12.1. The maximum atomic E-state index is 5.86. The number of aromatic amines is 1. The van der Waals surface area contributed by atoms with E-state index in [1.807, 2.05) is 30.3 Å². The number of benzene rings is 2. The summed E-state index contributed by atoms with van der Waals surface area (Å²) in [7, 11) is 4.73. The minimum atomic E-state index is 0.377. The van der Waals surface area contributed by atoms with Crippen LogP contribution in [0.3, 0.4) is 0 Å². The molecule has 0 saturated carbocycles. The summed E-state index contributed by atoms with van der Waals surface area (Å²) in [4.78, 5) is 0. The number of aromatic nitrogens is 4. The Kier molecular flexibility index (Phi) is 4.66. The quantitative estimate of drug-likeness (QED) is 0.443. The van der Waals surface area contributed by atoms with E-state index in [1.165, 1.54) is 5.56 Å². The molecule has 2 aromatic carbocycles. The summed E-state index contributed by atoms with van der Waals surface area (Å²) in [5.41, 5.74) is 6.00. The molecule has 0 bridgehead atoms. The van der Waals surface area contributed by atoms with E-state index in [0.29, 0.717) is 29.0 Å². The number of nitrogens with one attached hydrogen (secondary N) is 1. The average molecular weight is 416 g/mol. The van der Waals surface area contributed by atoms with Crippen molar-refractivity contribution in [2.45, 2.75) is 6.42 Å². The second-order valence-electron chi connectivity index (χ2n) is 7.00. The third kappa shape index (κ3) is 3.22. The van der Waals surface area contributed by atoms with Crippen molar-refractivity contribution in [2.24, 2.45) is 0 Å². The Hall–Kier alpha value is -4.07. The molecule has 0 atom stereocenters. The van der Waals surface area contributed by atoms with Crippen molar-refractivity contribution in [3.05, 3.63) is 59.0 Å². The first-order valence-corrected chi connectivity index (χ1v) is 9.69. The van der Waals surface area contributed by atoms with Gasteiger partial charge in [0, 0.05) is 23.6 Å². The van der Waals surface area contributed by atoms with Gasteiger partial charge in [0.2, 0.25) is 11.6 Å². The minimum Gasteiger partial charge on any atom is -0.493 e. The topological polar surface area (TPSA) is 95.3 Å². The number of ether oxygens (including phenoxy) is 3. The highest BCUT2D eigenvalue weighted by Crippen LogP contribution is 2.40. The Labute approximate surface area is 178 Å². The van der Waals surface area contributed by atoms with Crippen LogP contribution in [0.15, 0.2) is 40.8 Å². The summed E-state index contributed by atoms with van der Waals surface area (Å²) < 4.78 is 22.0. The van der Waals surface area contributed by atoms with Crippen LogP contribution in [0, 0.1) is 0 Å². The number of H-pyrrole nitrogens is 1. The largest absolute Gasteiger partial charge is 0.493 e. The van der Waals surface area contributed by atoms with Gasteiger partial charge in [0.05, 0.1) is 27.0 Å². The van der Waals surface area contributed by atoms with Gasteiger partial charge in [0.25, 0.3) is 5.89 Å². The van der Waals surface area contributed by atoms with Gasteiger partial charge in [-0.05, 0) is 29.3 Å². The first-order chi connectivity index (χ1) is 15.2. The van der Waals surface area contributed by atoms with Gasteiger partial charge in [-0.1, -0.05) is 24.3 Å². The molecule has 8 nitrogen and oxygen atoms in total. The summed E-state index contributed by atoms with van der Waals surface area (Å²) in [6, 6.07) is 11.9. The molecule has 0 amide bonds. The van der Waals surface area contributed by atoms with Crippen molar-refractivity contribution in [3.63, 3.8) is 0 Å². The van der Waals surface area contributed by atoms with E-state index in [1.54, 1.807) is 27.4 Å². The fraction of sp³-hybridized carbons (Fsp3) is 0.174. The van der Waals surface area contributed by atoms with E-state index in [9.17, 15) is 0 Å². The summed E-state index contributed by atoms with van der Waals surface area (Å²) in [6.45, 7) is 0. The first kappa shape index (κ1) is 18.9. The van der Waals surface area contributed by atoms with Gasteiger partial charge in [-0.3, -0.25) is 5.10 Å². The minimum absolute atomic E-state index is 0.377. The predicted molar refractivity (Wildman–Crippen MR) is 115 cm³/mol. The van der Waals surface area contributed by atoms with E-state index in [4.69, 9.17) is 18.6 Å². The smallest absolute Gasteiger partial charge is 0.266 e. The fourth-order valence-corrected chi connectivity index (χ4v) is 3.80. The molecule has 5 rings (SSSR count). The molecule has 4 aromatic rings. The van der Waals surface area contributed by atoms with Crippen LogP contribution in [0.25, 0.3) is 35.0 Å². The van der Waals surface area contributed by atoms with Crippen molar-refractivity contribution in [2.75, 3.05) is 21.3 Å². The molecule has 1 N–H and O–H groups in total. The van der Waals surface area contributed by atoms with Crippen molar-refractivity contribution in [1.29, 1.82) is 0 Å². The lowest BCUT2D eigenvalue weighted by Crippen LogP contribution is -1.95. The Balaban J connectivity index is 1.42. The number of hydrogen-bond acceptors (Lipinski definition) is 7. The van der Waals surface area contributed by atoms with E-state index in [2.05, 4.69) is 32.5 Å². The van der Waals surface area contributed by atoms with E-state index in [0.717, 1.165) is 34.5 Å². The van der Waals surface area contributed by atoms with Crippen molar-refractivity contribution in [1.82, 2.24) is 20.4 Å². The predicted octanol–water partition coefficient (Wildman–Crippen LogP) is 4.23. The van der Waals surface area contributed by atoms with Crippen LogP contribution in [-0.2, 0) is 6.42 Å².